The first kappa shape index (κ1) is 17.3. The molecule has 7 heteroatoms. The van der Waals surface area contributed by atoms with Crippen LogP contribution in [0.1, 0.15) is 25.3 Å². The zero-order chi connectivity index (χ0) is 16.2. The van der Waals surface area contributed by atoms with Crippen molar-refractivity contribution >= 4 is 11.7 Å². The van der Waals surface area contributed by atoms with Crippen LogP contribution in [0.5, 0.6) is 0 Å². The third-order valence-electron chi connectivity index (χ3n) is 3.00. The highest BCUT2D eigenvalue weighted by molar-refractivity contribution is 5.90. The molecule has 0 bridgehead atoms. The third-order valence-corrected chi connectivity index (χ3v) is 3.00. The van der Waals surface area contributed by atoms with E-state index in [0.29, 0.717) is 5.69 Å². The number of rotatable bonds is 4. The van der Waals surface area contributed by atoms with Crippen LogP contribution in [0.3, 0.4) is 0 Å². The van der Waals surface area contributed by atoms with Crippen molar-refractivity contribution in [2.24, 2.45) is 0 Å². The quantitative estimate of drug-likeness (QED) is 0.897. The minimum atomic E-state index is -4.75. The molecule has 0 aliphatic rings. The Morgan fingerprint density at radius 3 is 2.43 bits per heavy atom. The van der Waals surface area contributed by atoms with E-state index < -0.39 is 24.9 Å². The van der Waals surface area contributed by atoms with Crippen LogP contribution in [0, 0.1) is 0 Å². The van der Waals surface area contributed by atoms with E-state index in [1.165, 1.54) is 7.05 Å². The second kappa shape index (κ2) is 6.80. The topological polar surface area (TPSA) is 52.6 Å². The number of amides is 2. The lowest BCUT2D eigenvalue weighted by atomic mass is 10.0. The van der Waals surface area contributed by atoms with Gasteiger partial charge in [-0.1, -0.05) is 32.0 Å². The van der Waals surface area contributed by atoms with Crippen LogP contribution in [-0.4, -0.2) is 41.9 Å². The fourth-order valence-electron chi connectivity index (χ4n) is 1.77. The zero-order valence-electron chi connectivity index (χ0n) is 12.1. The molecule has 2 amide bonds. The van der Waals surface area contributed by atoms with Crippen LogP contribution in [-0.2, 0) is 0 Å². The highest BCUT2D eigenvalue weighted by atomic mass is 19.4. The normalized spacial score (nSPS) is 13.1. The van der Waals surface area contributed by atoms with Crippen LogP contribution in [0.2, 0.25) is 0 Å². The number of alkyl halides is 3. The van der Waals surface area contributed by atoms with Crippen LogP contribution >= 0.6 is 0 Å². The van der Waals surface area contributed by atoms with Crippen molar-refractivity contribution < 1.29 is 23.1 Å². The molecule has 21 heavy (non-hydrogen) atoms. The highest BCUT2D eigenvalue weighted by Crippen LogP contribution is 2.24. The molecule has 1 aromatic rings. The number of nitrogens with one attached hydrogen (secondary N) is 1. The van der Waals surface area contributed by atoms with Gasteiger partial charge in [-0.25, -0.2) is 4.79 Å². The Morgan fingerprint density at radius 1 is 1.33 bits per heavy atom. The average molecular weight is 304 g/mol. The van der Waals surface area contributed by atoms with Crippen LogP contribution < -0.4 is 5.32 Å². The molecule has 118 valence electrons. The van der Waals surface area contributed by atoms with E-state index in [0.717, 1.165) is 10.5 Å². The van der Waals surface area contributed by atoms with E-state index >= 15 is 0 Å². The van der Waals surface area contributed by atoms with Gasteiger partial charge in [-0.05, 0) is 17.5 Å². The van der Waals surface area contributed by atoms with Gasteiger partial charge in [-0.15, -0.1) is 0 Å². The molecule has 2 N–H and O–H groups in total. The summed E-state index contributed by atoms with van der Waals surface area (Å²) in [5, 5.41) is 11.5. The third kappa shape index (κ3) is 4.93. The summed E-state index contributed by atoms with van der Waals surface area (Å²) in [5.41, 5.74) is 1.43. The largest absolute Gasteiger partial charge is 0.416 e. The first-order valence-corrected chi connectivity index (χ1v) is 6.48. The molecule has 1 unspecified atom stereocenters. The fraction of sp³-hybridized carbons (Fsp3) is 0.500. The van der Waals surface area contributed by atoms with Gasteiger partial charge in [0.05, 0.1) is 6.54 Å². The maximum absolute atomic E-state index is 12.3. The highest BCUT2D eigenvalue weighted by Gasteiger charge is 2.39. The SMILES string of the molecule is CC(C)c1ccccc1NC(=O)N(C)CC(O)C(F)(F)F. The molecule has 4 nitrogen and oxygen atoms in total. The molecule has 0 aromatic heterocycles. The molecular formula is C14H19F3N2O2. The van der Waals surface area contributed by atoms with E-state index in [2.05, 4.69) is 5.32 Å². The number of aliphatic hydroxyl groups excluding tert-OH is 1. The number of hydrogen-bond acceptors (Lipinski definition) is 2. The number of aliphatic hydroxyl groups is 1. The van der Waals surface area contributed by atoms with E-state index in [9.17, 15) is 18.0 Å². The Labute approximate surface area is 121 Å². The van der Waals surface area contributed by atoms with Crippen LogP contribution in [0.15, 0.2) is 24.3 Å². The predicted molar refractivity (Wildman–Crippen MR) is 74.2 cm³/mol. The Kier molecular flexibility index (Phi) is 5.60. The summed E-state index contributed by atoms with van der Waals surface area (Å²) in [5.74, 6) is 0.160. The summed E-state index contributed by atoms with van der Waals surface area (Å²) < 4.78 is 36.8. The summed E-state index contributed by atoms with van der Waals surface area (Å²) in [6.07, 6.45) is -7.31. The molecule has 0 aliphatic carbocycles. The summed E-state index contributed by atoms with van der Waals surface area (Å²) in [6, 6.07) is 6.37. The van der Waals surface area contributed by atoms with Crippen molar-refractivity contribution in [3.63, 3.8) is 0 Å². The molecule has 0 saturated carbocycles. The standard InChI is InChI=1S/C14H19F3N2O2/c1-9(2)10-6-4-5-7-11(10)18-13(21)19(3)8-12(20)14(15,16)17/h4-7,9,12,20H,8H2,1-3H3,(H,18,21). The molecule has 1 atom stereocenters. The number of halogens is 3. The second-order valence-corrected chi connectivity index (χ2v) is 5.11. The molecule has 0 fully saturated rings. The maximum Gasteiger partial charge on any atom is 0.416 e. The Morgan fingerprint density at radius 2 is 1.90 bits per heavy atom. The summed E-state index contributed by atoms with van der Waals surface area (Å²) in [7, 11) is 1.20. The van der Waals surface area contributed by atoms with Crippen LogP contribution in [0.25, 0.3) is 0 Å². The van der Waals surface area contributed by atoms with E-state index in [1.54, 1.807) is 12.1 Å². The van der Waals surface area contributed by atoms with Gasteiger partial charge in [-0.3, -0.25) is 0 Å². The van der Waals surface area contributed by atoms with Gasteiger partial charge in [0.15, 0.2) is 6.10 Å². The van der Waals surface area contributed by atoms with Crippen molar-refractivity contribution in [3.8, 4) is 0 Å². The molecule has 0 saturated heterocycles. The Balaban J connectivity index is 2.73. The van der Waals surface area contributed by atoms with Crippen molar-refractivity contribution in [2.75, 3.05) is 18.9 Å². The van der Waals surface area contributed by atoms with E-state index in [4.69, 9.17) is 5.11 Å². The van der Waals surface area contributed by atoms with Gasteiger partial charge in [0.1, 0.15) is 0 Å². The van der Waals surface area contributed by atoms with Crippen molar-refractivity contribution in [1.29, 1.82) is 0 Å². The number of para-hydroxylation sites is 1. The molecule has 0 aliphatic heterocycles. The molecular weight excluding hydrogens is 285 g/mol. The first-order chi connectivity index (χ1) is 9.62. The second-order valence-electron chi connectivity index (χ2n) is 5.11. The van der Waals surface area contributed by atoms with Gasteiger partial charge in [0.25, 0.3) is 0 Å². The minimum absolute atomic E-state index is 0.160. The first-order valence-electron chi connectivity index (χ1n) is 6.48. The Hall–Kier alpha value is -1.76. The summed E-state index contributed by atoms with van der Waals surface area (Å²) in [4.78, 5) is 12.7. The monoisotopic (exact) mass is 304 g/mol. The number of benzene rings is 1. The van der Waals surface area contributed by atoms with E-state index in [-0.39, 0.29) is 5.92 Å². The summed E-state index contributed by atoms with van der Waals surface area (Å²) >= 11 is 0. The van der Waals surface area contributed by atoms with E-state index in [1.807, 2.05) is 26.0 Å². The van der Waals surface area contributed by atoms with Crippen molar-refractivity contribution in [2.45, 2.75) is 32.0 Å². The van der Waals surface area contributed by atoms with Gasteiger partial charge < -0.3 is 15.3 Å². The lowest BCUT2D eigenvalue weighted by Gasteiger charge is -2.23. The number of carbonyl (C=O) groups is 1. The summed E-state index contributed by atoms with van der Waals surface area (Å²) in [6.45, 7) is 3.07. The number of anilines is 1. The number of carbonyl (C=O) groups excluding carboxylic acids is 1. The molecule has 0 radical (unpaired) electrons. The van der Waals surface area contributed by atoms with Gasteiger partial charge in [0, 0.05) is 12.7 Å². The molecule has 0 heterocycles. The number of likely N-dealkylation sites (N-methyl/N-ethyl adjacent to an activating group) is 1. The number of urea groups is 1. The molecule has 0 spiro atoms. The minimum Gasteiger partial charge on any atom is -0.382 e. The maximum atomic E-state index is 12.3. The molecule has 1 rings (SSSR count). The smallest absolute Gasteiger partial charge is 0.382 e. The van der Waals surface area contributed by atoms with Crippen LogP contribution in [0.4, 0.5) is 23.7 Å². The number of nitrogens with zero attached hydrogens (tertiary/aromatic N) is 1. The lowest BCUT2D eigenvalue weighted by molar-refractivity contribution is -0.205. The average Bonchev–Trinajstić information content (AvgIpc) is 2.37. The van der Waals surface area contributed by atoms with Gasteiger partial charge in [0.2, 0.25) is 0 Å². The number of hydrogen-bond donors (Lipinski definition) is 2. The zero-order valence-corrected chi connectivity index (χ0v) is 12.1. The van der Waals surface area contributed by atoms with Gasteiger partial charge >= 0.3 is 12.2 Å². The predicted octanol–water partition coefficient (Wildman–Crippen LogP) is 3.20. The fourth-order valence-corrected chi connectivity index (χ4v) is 1.77. The molecule has 1 aromatic carbocycles. The Bertz CT molecular complexity index is 489. The van der Waals surface area contributed by atoms with Gasteiger partial charge in [-0.2, -0.15) is 13.2 Å². The lowest BCUT2D eigenvalue weighted by Crippen LogP contribution is -2.43. The van der Waals surface area contributed by atoms with Crippen molar-refractivity contribution in [1.82, 2.24) is 4.90 Å². The van der Waals surface area contributed by atoms with Crippen molar-refractivity contribution in [3.05, 3.63) is 29.8 Å².